The SMILES string of the molecule is CCCCCCC(=O)Oc1cccc(C(O)CNCC)c1. The Morgan fingerprint density at radius 3 is 2.81 bits per heavy atom. The number of esters is 1. The van der Waals surface area contributed by atoms with Gasteiger partial charge in [-0.3, -0.25) is 4.79 Å². The number of carbonyl (C=O) groups excluding carboxylic acids is 1. The molecule has 1 aromatic carbocycles. The summed E-state index contributed by atoms with van der Waals surface area (Å²) in [5, 5.41) is 13.1. The summed E-state index contributed by atoms with van der Waals surface area (Å²) in [7, 11) is 0. The van der Waals surface area contributed by atoms with Gasteiger partial charge in [0, 0.05) is 13.0 Å². The second kappa shape index (κ2) is 10.4. The van der Waals surface area contributed by atoms with Crippen LogP contribution in [0, 0.1) is 0 Å². The number of carbonyl (C=O) groups is 1. The van der Waals surface area contributed by atoms with Crippen molar-refractivity contribution in [2.75, 3.05) is 13.1 Å². The van der Waals surface area contributed by atoms with Crippen molar-refractivity contribution in [1.82, 2.24) is 5.32 Å². The van der Waals surface area contributed by atoms with Crippen LogP contribution in [0.3, 0.4) is 0 Å². The number of nitrogens with one attached hydrogen (secondary N) is 1. The van der Waals surface area contributed by atoms with Crippen molar-refractivity contribution in [1.29, 1.82) is 0 Å². The Balaban J connectivity index is 2.46. The molecule has 1 rings (SSSR count). The van der Waals surface area contributed by atoms with Crippen LogP contribution in [0.4, 0.5) is 0 Å². The van der Waals surface area contributed by atoms with E-state index < -0.39 is 6.10 Å². The van der Waals surface area contributed by atoms with Crippen LogP contribution in [-0.2, 0) is 4.79 Å². The summed E-state index contributed by atoms with van der Waals surface area (Å²) in [6.07, 6.45) is 4.10. The van der Waals surface area contributed by atoms with Crippen molar-refractivity contribution in [3.63, 3.8) is 0 Å². The van der Waals surface area contributed by atoms with E-state index in [1.54, 1.807) is 18.2 Å². The van der Waals surface area contributed by atoms with Gasteiger partial charge in [-0.25, -0.2) is 0 Å². The summed E-state index contributed by atoms with van der Waals surface area (Å²) in [5.74, 6) is 0.299. The minimum Gasteiger partial charge on any atom is -0.427 e. The number of hydrogen-bond acceptors (Lipinski definition) is 4. The highest BCUT2D eigenvalue weighted by molar-refractivity contribution is 5.72. The summed E-state index contributed by atoms with van der Waals surface area (Å²) in [4.78, 5) is 11.7. The van der Waals surface area contributed by atoms with Crippen LogP contribution in [0.25, 0.3) is 0 Å². The standard InChI is InChI=1S/C17H27NO3/c1-3-5-6-7-11-17(20)21-15-10-8-9-14(12-15)16(19)13-18-4-2/h8-10,12,16,18-19H,3-7,11,13H2,1-2H3. The molecule has 1 aromatic rings. The zero-order valence-electron chi connectivity index (χ0n) is 13.1. The molecule has 0 spiro atoms. The Morgan fingerprint density at radius 1 is 1.29 bits per heavy atom. The molecule has 2 N–H and O–H groups in total. The minimum absolute atomic E-state index is 0.204. The third kappa shape index (κ3) is 7.25. The molecule has 0 bridgehead atoms. The van der Waals surface area contributed by atoms with Crippen molar-refractivity contribution in [3.8, 4) is 5.75 Å². The Kier molecular flexibility index (Phi) is 8.71. The number of unbranched alkanes of at least 4 members (excludes halogenated alkanes) is 3. The molecular weight excluding hydrogens is 266 g/mol. The normalized spacial score (nSPS) is 12.1. The third-order valence-electron chi connectivity index (χ3n) is 3.30. The van der Waals surface area contributed by atoms with Crippen LogP contribution in [-0.4, -0.2) is 24.2 Å². The first kappa shape index (κ1) is 17.7. The molecule has 0 fully saturated rings. The fourth-order valence-corrected chi connectivity index (χ4v) is 2.06. The molecule has 0 amide bonds. The molecule has 0 aromatic heterocycles. The van der Waals surface area contributed by atoms with Gasteiger partial charge >= 0.3 is 5.97 Å². The lowest BCUT2D eigenvalue weighted by atomic mass is 10.1. The van der Waals surface area contributed by atoms with Crippen LogP contribution >= 0.6 is 0 Å². The summed E-state index contributed by atoms with van der Waals surface area (Å²) >= 11 is 0. The number of rotatable bonds is 10. The maximum Gasteiger partial charge on any atom is 0.311 e. The topological polar surface area (TPSA) is 58.6 Å². The van der Waals surface area contributed by atoms with Gasteiger partial charge in [0.1, 0.15) is 5.75 Å². The Labute approximate surface area is 127 Å². The van der Waals surface area contributed by atoms with E-state index in [0.717, 1.165) is 37.8 Å². The number of likely N-dealkylation sites (N-methyl/N-ethyl adjacent to an activating group) is 1. The average molecular weight is 293 g/mol. The molecule has 0 saturated heterocycles. The lowest BCUT2D eigenvalue weighted by molar-refractivity contribution is -0.134. The molecule has 4 nitrogen and oxygen atoms in total. The largest absolute Gasteiger partial charge is 0.427 e. The number of benzene rings is 1. The molecule has 0 aliphatic rings. The van der Waals surface area contributed by atoms with E-state index in [1.165, 1.54) is 0 Å². The molecule has 0 radical (unpaired) electrons. The lowest BCUT2D eigenvalue weighted by Gasteiger charge is -2.12. The fraction of sp³-hybridized carbons (Fsp3) is 0.588. The first-order chi connectivity index (χ1) is 10.2. The van der Waals surface area contributed by atoms with Gasteiger partial charge in [-0.15, -0.1) is 0 Å². The molecule has 1 atom stereocenters. The minimum atomic E-state index is -0.590. The molecule has 0 saturated carbocycles. The molecule has 0 aliphatic heterocycles. The Morgan fingerprint density at radius 2 is 2.10 bits per heavy atom. The molecule has 0 aliphatic carbocycles. The van der Waals surface area contributed by atoms with Gasteiger partial charge in [0.2, 0.25) is 0 Å². The molecular formula is C17H27NO3. The first-order valence-electron chi connectivity index (χ1n) is 7.86. The smallest absolute Gasteiger partial charge is 0.311 e. The summed E-state index contributed by atoms with van der Waals surface area (Å²) in [6.45, 7) is 5.43. The molecule has 0 heterocycles. The number of aliphatic hydroxyl groups is 1. The second-order valence-electron chi connectivity index (χ2n) is 5.18. The van der Waals surface area contributed by atoms with Gasteiger partial charge < -0.3 is 15.2 Å². The van der Waals surface area contributed by atoms with Gasteiger partial charge in [-0.2, -0.15) is 0 Å². The Bertz CT molecular complexity index is 420. The van der Waals surface area contributed by atoms with E-state index in [0.29, 0.717) is 18.7 Å². The van der Waals surface area contributed by atoms with Crippen LogP contribution in [0.2, 0.25) is 0 Å². The van der Waals surface area contributed by atoms with Gasteiger partial charge in [0.25, 0.3) is 0 Å². The van der Waals surface area contributed by atoms with E-state index in [2.05, 4.69) is 12.2 Å². The predicted molar refractivity (Wildman–Crippen MR) is 84.3 cm³/mol. The zero-order chi connectivity index (χ0) is 15.5. The van der Waals surface area contributed by atoms with Gasteiger partial charge in [0.05, 0.1) is 6.10 Å². The lowest BCUT2D eigenvalue weighted by Crippen LogP contribution is -2.20. The van der Waals surface area contributed by atoms with E-state index in [9.17, 15) is 9.90 Å². The van der Waals surface area contributed by atoms with E-state index >= 15 is 0 Å². The van der Waals surface area contributed by atoms with Crippen LogP contribution in [0.5, 0.6) is 5.75 Å². The van der Waals surface area contributed by atoms with Crippen LogP contribution in [0.15, 0.2) is 24.3 Å². The van der Waals surface area contributed by atoms with Gasteiger partial charge in [-0.1, -0.05) is 45.2 Å². The summed E-state index contributed by atoms with van der Waals surface area (Å²) in [5.41, 5.74) is 0.757. The van der Waals surface area contributed by atoms with Crippen molar-refractivity contribution < 1.29 is 14.6 Å². The van der Waals surface area contributed by atoms with Crippen molar-refractivity contribution in [2.45, 2.75) is 52.1 Å². The highest BCUT2D eigenvalue weighted by atomic mass is 16.5. The van der Waals surface area contributed by atoms with Crippen molar-refractivity contribution in [3.05, 3.63) is 29.8 Å². The zero-order valence-corrected chi connectivity index (χ0v) is 13.1. The second-order valence-corrected chi connectivity index (χ2v) is 5.18. The molecule has 21 heavy (non-hydrogen) atoms. The highest BCUT2D eigenvalue weighted by Gasteiger charge is 2.09. The molecule has 118 valence electrons. The highest BCUT2D eigenvalue weighted by Crippen LogP contribution is 2.19. The maximum absolute atomic E-state index is 11.7. The number of aliphatic hydroxyl groups excluding tert-OH is 1. The summed E-state index contributed by atoms with van der Waals surface area (Å²) in [6, 6.07) is 7.10. The van der Waals surface area contributed by atoms with E-state index in [1.807, 2.05) is 13.0 Å². The maximum atomic E-state index is 11.7. The monoisotopic (exact) mass is 293 g/mol. The van der Waals surface area contributed by atoms with Gasteiger partial charge in [-0.05, 0) is 30.7 Å². The summed E-state index contributed by atoms with van der Waals surface area (Å²) < 4.78 is 5.32. The number of hydrogen-bond donors (Lipinski definition) is 2. The van der Waals surface area contributed by atoms with Crippen molar-refractivity contribution in [2.24, 2.45) is 0 Å². The molecule has 1 unspecified atom stereocenters. The quantitative estimate of drug-likeness (QED) is 0.395. The number of ether oxygens (including phenoxy) is 1. The predicted octanol–water partition coefficient (Wildman–Crippen LogP) is 3.21. The van der Waals surface area contributed by atoms with E-state index in [4.69, 9.17) is 4.74 Å². The van der Waals surface area contributed by atoms with Crippen LogP contribution < -0.4 is 10.1 Å². The molecule has 4 heteroatoms. The van der Waals surface area contributed by atoms with Gasteiger partial charge in [0.15, 0.2) is 0 Å². The average Bonchev–Trinajstić information content (AvgIpc) is 2.49. The third-order valence-corrected chi connectivity index (χ3v) is 3.30. The van der Waals surface area contributed by atoms with Crippen molar-refractivity contribution >= 4 is 5.97 Å². The first-order valence-corrected chi connectivity index (χ1v) is 7.86. The fourth-order valence-electron chi connectivity index (χ4n) is 2.06. The van der Waals surface area contributed by atoms with Crippen LogP contribution in [0.1, 0.15) is 57.6 Å². The van der Waals surface area contributed by atoms with E-state index in [-0.39, 0.29) is 5.97 Å². The Hall–Kier alpha value is -1.39.